The number of hydrogen-bond acceptors (Lipinski definition) is 3. The van der Waals surface area contributed by atoms with Crippen molar-refractivity contribution in [2.24, 2.45) is 11.8 Å². The van der Waals surface area contributed by atoms with E-state index in [1.165, 1.54) is 4.90 Å². The Labute approximate surface area is 148 Å². The molecule has 136 valence electrons. The van der Waals surface area contributed by atoms with Gasteiger partial charge in [0.2, 0.25) is 5.91 Å². The fourth-order valence-corrected chi connectivity index (χ4v) is 3.24. The second kappa shape index (κ2) is 8.65. The SMILES string of the molecule is CN(C)C(=O)c1cccc(CCNC(=O)C2CCCC(C(=O)O)C2)c1. The number of aliphatic carboxylic acids is 1. The molecule has 0 aromatic heterocycles. The molecule has 2 atom stereocenters. The summed E-state index contributed by atoms with van der Waals surface area (Å²) in [6.07, 6.45) is 3.25. The van der Waals surface area contributed by atoms with Gasteiger partial charge in [-0.15, -0.1) is 0 Å². The normalized spacial score (nSPS) is 19.9. The largest absolute Gasteiger partial charge is 0.481 e. The van der Waals surface area contributed by atoms with Crippen molar-refractivity contribution >= 4 is 17.8 Å². The van der Waals surface area contributed by atoms with Gasteiger partial charge in [0.15, 0.2) is 0 Å². The van der Waals surface area contributed by atoms with Gasteiger partial charge in [-0.3, -0.25) is 14.4 Å². The van der Waals surface area contributed by atoms with Gasteiger partial charge in [-0.2, -0.15) is 0 Å². The van der Waals surface area contributed by atoms with Gasteiger partial charge in [0.1, 0.15) is 0 Å². The Kier molecular flexibility index (Phi) is 6.56. The fraction of sp³-hybridized carbons (Fsp3) is 0.526. The van der Waals surface area contributed by atoms with Crippen molar-refractivity contribution in [1.29, 1.82) is 0 Å². The van der Waals surface area contributed by atoms with Crippen LogP contribution in [0.3, 0.4) is 0 Å². The third-order valence-electron chi connectivity index (χ3n) is 4.69. The molecule has 2 unspecified atom stereocenters. The number of nitrogens with zero attached hydrogens (tertiary/aromatic N) is 1. The van der Waals surface area contributed by atoms with Crippen molar-refractivity contribution < 1.29 is 19.5 Å². The molecule has 0 bridgehead atoms. The molecule has 0 aliphatic heterocycles. The lowest BCUT2D eigenvalue weighted by atomic mass is 9.81. The van der Waals surface area contributed by atoms with Gasteiger partial charge in [-0.1, -0.05) is 18.6 Å². The lowest BCUT2D eigenvalue weighted by molar-refractivity contribution is -0.144. The summed E-state index contributed by atoms with van der Waals surface area (Å²) in [6, 6.07) is 7.39. The van der Waals surface area contributed by atoms with E-state index in [4.69, 9.17) is 5.11 Å². The average molecular weight is 346 g/mol. The highest BCUT2D eigenvalue weighted by atomic mass is 16.4. The van der Waals surface area contributed by atoms with E-state index in [1.807, 2.05) is 18.2 Å². The molecule has 0 heterocycles. The summed E-state index contributed by atoms with van der Waals surface area (Å²) in [5, 5.41) is 12.0. The van der Waals surface area contributed by atoms with E-state index in [-0.39, 0.29) is 17.7 Å². The van der Waals surface area contributed by atoms with E-state index in [1.54, 1.807) is 20.2 Å². The number of carbonyl (C=O) groups is 3. The van der Waals surface area contributed by atoms with Crippen LogP contribution < -0.4 is 5.32 Å². The van der Waals surface area contributed by atoms with Gasteiger partial charge in [0, 0.05) is 32.1 Å². The number of carbonyl (C=O) groups excluding carboxylic acids is 2. The molecule has 1 aromatic rings. The minimum absolute atomic E-state index is 0.0483. The van der Waals surface area contributed by atoms with Gasteiger partial charge in [0.05, 0.1) is 5.92 Å². The van der Waals surface area contributed by atoms with Crippen LogP contribution in [0, 0.1) is 11.8 Å². The maximum Gasteiger partial charge on any atom is 0.306 e. The van der Waals surface area contributed by atoms with E-state index in [0.717, 1.165) is 18.4 Å². The molecular formula is C19H26N2O4. The highest BCUT2D eigenvalue weighted by Crippen LogP contribution is 2.29. The molecule has 0 saturated heterocycles. The van der Waals surface area contributed by atoms with Crippen molar-refractivity contribution in [1.82, 2.24) is 10.2 Å². The summed E-state index contributed by atoms with van der Waals surface area (Å²) in [4.78, 5) is 36.9. The third kappa shape index (κ3) is 5.31. The predicted molar refractivity (Wildman–Crippen MR) is 94.3 cm³/mol. The highest BCUT2D eigenvalue weighted by molar-refractivity contribution is 5.94. The summed E-state index contributed by atoms with van der Waals surface area (Å²) in [7, 11) is 3.42. The van der Waals surface area contributed by atoms with E-state index >= 15 is 0 Å². The molecule has 1 fully saturated rings. The van der Waals surface area contributed by atoms with Crippen LogP contribution >= 0.6 is 0 Å². The van der Waals surface area contributed by atoms with Crippen LogP contribution in [0.2, 0.25) is 0 Å². The van der Waals surface area contributed by atoms with Crippen LogP contribution in [0.5, 0.6) is 0 Å². The van der Waals surface area contributed by atoms with Gasteiger partial charge in [0.25, 0.3) is 5.91 Å². The van der Waals surface area contributed by atoms with Crippen LogP contribution in [0.25, 0.3) is 0 Å². The number of carboxylic acid groups (broad SMARTS) is 1. The molecule has 1 aromatic carbocycles. The van der Waals surface area contributed by atoms with Crippen molar-refractivity contribution in [3.63, 3.8) is 0 Å². The quantitative estimate of drug-likeness (QED) is 0.824. The molecule has 2 amide bonds. The number of benzene rings is 1. The lowest BCUT2D eigenvalue weighted by Gasteiger charge is -2.25. The van der Waals surface area contributed by atoms with Gasteiger partial charge < -0.3 is 15.3 Å². The Hall–Kier alpha value is -2.37. The van der Waals surface area contributed by atoms with Crippen LogP contribution in [0.1, 0.15) is 41.6 Å². The molecule has 0 spiro atoms. The van der Waals surface area contributed by atoms with Gasteiger partial charge >= 0.3 is 5.97 Å². The van der Waals surface area contributed by atoms with Crippen molar-refractivity contribution in [2.75, 3.05) is 20.6 Å². The number of carboxylic acids is 1. The molecule has 6 heteroatoms. The fourth-order valence-electron chi connectivity index (χ4n) is 3.24. The zero-order chi connectivity index (χ0) is 18.4. The molecule has 1 aliphatic carbocycles. The average Bonchev–Trinajstić information content (AvgIpc) is 2.61. The Morgan fingerprint density at radius 2 is 1.92 bits per heavy atom. The Morgan fingerprint density at radius 1 is 1.20 bits per heavy atom. The third-order valence-corrected chi connectivity index (χ3v) is 4.69. The van der Waals surface area contributed by atoms with Crippen LogP contribution in [0.15, 0.2) is 24.3 Å². The molecule has 25 heavy (non-hydrogen) atoms. The summed E-state index contributed by atoms with van der Waals surface area (Å²) in [5.74, 6) is -1.53. The summed E-state index contributed by atoms with van der Waals surface area (Å²) >= 11 is 0. The Balaban J connectivity index is 1.84. The van der Waals surface area contributed by atoms with Crippen LogP contribution in [-0.2, 0) is 16.0 Å². The molecule has 2 N–H and O–H groups in total. The number of hydrogen-bond donors (Lipinski definition) is 2. The second-order valence-corrected chi connectivity index (χ2v) is 6.84. The first-order valence-corrected chi connectivity index (χ1v) is 8.69. The summed E-state index contributed by atoms with van der Waals surface area (Å²) in [5.41, 5.74) is 1.62. The van der Waals surface area contributed by atoms with E-state index in [9.17, 15) is 14.4 Å². The number of amides is 2. The Bertz CT molecular complexity index is 642. The van der Waals surface area contributed by atoms with Crippen LogP contribution in [-0.4, -0.2) is 48.4 Å². The first-order chi connectivity index (χ1) is 11.9. The van der Waals surface area contributed by atoms with Crippen molar-refractivity contribution in [3.05, 3.63) is 35.4 Å². The van der Waals surface area contributed by atoms with E-state index < -0.39 is 11.9 Å². The zero-order valence-corrected chi connectivity index (χ0v) is 14.8. The van der Waals surface area contributed by atoms with E-state index in [0.29, 0.717) is 31.4 Å². The predicted octanol–water partition coefficient (Wildman–Crippen LogP) is 1.94. The minimum Gasteiger partial charge on any atom is -0.481 e. The standard InChI is InChI=1S/C19H26N2O4/c1-21(2)18(23)15-7-3-5-13(11-15)9-10-20-17(22)14-6-4-8-16(12-14)19(24)25/h3,5,7,11,14,16H,4,6,8-10,12H2,1-2H3,(H,20,22)(H,24,25). The minimum atomic E-state index is -0.806. The van der Waals surface area contributed by atoms with Gasteiger partial charge in [-0.25, -0.2) is 0 Å². The molecular weight excluding hydrogens is 320 g/mol. The second-order valence-electron chi connectivity index (χ2n) is 6.84. The zero-order valence-electron chi connectivity index (χ0n) is 14.8. The molecule has 2 rings (SSSR count). The summed E-state index contributed by atoms with van der Waals surface area (Å²) < 4.78 is 0. The topological polar surface area (TPSA) is 86.7 Å². The maximum absolute atomic E-state index is 12.3. The molecule has 1 saturated carbocycles. The smallest absolute Gasteiger partial charge is 0.306 e. The van der Waals surface area contributed by atoms with Crippen molar-refractivity contribution in [3.8, 4) is 0 Å². The first kappa shape index (κ1) is 19.0. The number of nitrogens with one attached hydrogen (secondary N) is 1. The summed E-state index contributed by atoms with van der Waals surface area (Å²) in [6.45, 7) is 0.479. The first-order valence-electron chi connectivity index (χ1n) is 8.69. The number of rotatable bonds is 6. The van der Waals surface area contributed by atoms with E-state index in [2.05, 4.69) is 5.32 Å². The monoisotopic (exact) mass is 346 g/mol. The highest BCUT2D eigenvalue weighted by Gasteiger charge is 2.30. The van der Waals surface area contributed by atoms with Crippen molar-refractivity contribution in [2.45, 2.75) is 32.1 Å². The Morgan fingerprint density at radius 3 is 2.60 bits per heavy atom. The molecule has 6 nitrogen and oxygen atoms in total. The lowest BCUT2D eigenvalue weighted by Crippen LogP contribution is -2.36. The van der Waals surface area contributed by atoms with Crippen LogP contribution in [0.4, 0.5) is 0 Å². The molecule has 1 aliphatic rings. The van der Waals surface area contributed by atoms with Gasteiger partial charge in [-0.05, 0) is 43.4 Å². The maximum atomic E-state index is 12.3. The molecule has 0 radical (unpaired) electrons.